The molecule has 2 heterocycles. The van der Waals surface area contributed by atoms with Crippen molar-refractivity contribution >= 4 is 16.9 Å². The largest absolute Gasteiger partial charge is 0.494 e. The van der Waals surface area contributed by atoms with Crippen LogP contribution >= 0.6 is 0 Å². The Balaban J connectivity index is 1.57. The lowest BCUT2D eigenvalue weighted by Crippen LogP contribution is -2.45. The number of likely N-dealkylation sites (tertiary alicyclic amines) is 1. The van der Waals surface area contributed by atoms with E-state index in [0.717, 1.165) is 23.3 Å². The summed E-state index contributed by atoms with van der Waals surface area (Å²) in [5.74, 6) is 1.37. The van der Waals surface area contributed by atoms with Crippen molar-refractivity contribution in [1.29, 1.82) is 0 Å². The van der Waals surface area contributed by atoms with Gasteiger partial charge in [-0.3, -0.25) is 9.78 Å². The zero-order chi connectivity index (χ0) is 24.8. The number of carbonyl (C=O) groups is 1. The van der Waals surface area contributed by atoms with E-state index < -0.39 is 5.60 Å². The number of hydrogen-bond acceptors (Lipinski definition) is 7. The standard InChI is InChI=1S/C27H33N3O5/c1-27(32)10-12-30(13-11-27)24(31)17-20-18-28-25-22(8-9-23(34-3)26(25)29-20)19-6-4-7-21(16-19)35-15-5-14-33-2/h4,6-9,16,18,32H,5,10-15,17H2,1-3H3. The van der Waals surface area contributed by atoms with Crippen molar-refractivity contribution < 1.29 is 24.1 Å². The molecule has 0 saturated carbocycles. The SMILES string of the molecule is COCCCOc1cccc(-c2ccc(OC)c3nc(CC(=O)N4CCC(C)(O)CC4)cnc23)c1. The lowest BCUT2D eigenvalue weighted by molar-refractivity contribution is -0.134. The number of aromatic nitrogens is 2. The van der Waals surface area contributed by atoms with Crippen LogP contribution in [0.1, 0.15) is 31.9 Å². The molecule has 1 fully saturated rings. The number of ether oxygens (including phenoxy) is 3. The summed E-state index contributed by atoms with van der Waals surface area (Å²) in [6.07, 6.45) is 3.79. The number of aliphatic hydroxyl groups is 1. The first-order valence-corrected chi connectivity index (χ1v) is 11.9. The quantitative estimate of drug-likeness (QED) is 0.468. The molecule has 35 heavy (non-hydrogen) atoms. The average molecular weight is 480 g/mol. The summed E-state index contributed by atoms with van der Waals surface area (Å²) >= 11 is 0. The van der Waals surface area contributed by atoms with Crippen LogP contribution in [0.3, 0.4) is 0 Å². The molecule has 2 aromatic carbocycles. The van der Waals surface area contributed by atoms with Crippen molar-refractivity contribution in [2.75, 3.05) is 40.5 Å². The molecular formula is C27H33N3O5. The Hall–Kier alpha value is -3.23. The molecule has 1 saturated heterocycles. The second-order valence-electron chi connectivity index (χ2n) is 9.15. The van der Waals surface area contributed by atoms with Gasteiger partial charge in [0.15, 0.2) is 0 Å². The van der Waals surface area contributed by atoms with Crippen molar-refractivity contribution in [3.8, 4) is 22.6 Å². The molecule has 1 amide bonds. The smallest absolute Gasteiger partial charge is 0.228 e. The van der Waals surface area contributed by atoms with Crippen LogP contribution in [0, 0.1) is 0 Å². The number of carbonyl (C=O) groups excluding carboxylic acids is 1. The van der Waals surface area contributed by atoms with Gasteiger partial charge in [-0.05, 0) is 49.6 Å². The van der Waals surface area contributed by atoms with Crippen LogP contribution in [0.25, 0.3) is 22.2 Å². The van der Waals surface area contributed by atoms with Crippen molar-refractivity contribution in [2.24, 2.45) is 0 Å². The van der Waals surface area contributed by atoms with Gasteiger partial charge in [0.1, 0.15) is 22.5 Å². The number of amides is 1. The van der Waals surface area contributed by atoms with Crippen molar-refractivity contribution in [3.63, 3.8) is 0 Å². The van der Waals surface area contributed by atoms with E-state index in [1.165, 1.54) is 0 Å². The molecule has 0 radical (unpaired) electrons. The summed E-state index contributed by atoms with van der Waals surface area (Å²) in [5, 5.41) is 10.2. The zero-order valence-corrected chi connectivity index (χ0v) is 20.6. The highest BCUT2D eigenvalue weighted by molar-refractivity contribution is 5.95. The van der Waals surface area contributed by atoms with E-state index in [9.17, 15) is 9.90 Å². The Morgan fingerprint density at radius 1 is 1.11 bits per heavy atom. The van der Waals surface area contributed by atoms with E-state index in [4.69, 9.17) is 24.2 Å². The van der Waals surface area contributed by atoms with Crippen molar-refractivity contribution in [3.05, 3.63) is 48.3 Å². The van der Waals surface area contributed by atoms with Crippen LogP contribution in [0.5, 0.6) is 11.5 Å². The minimum absolute atomic E-state index is 0.0115. The fraction of sp³-hybridized carbons (Fsp3) is 0.444. The Labute approximate surface area is 205 Å². The number of piperidine rings is 1. The topological polar surface area (TPSA) is 94.0 Å². The number of benzene rings is 2. The molecular weight excluding hydrogens is 446 g/mol. The first-order valence-electron chi connectivity index (χ1n) is 11.9. The number of nitrogens with zero attached hydrogens (tertiary/aromatic N) is 3. The molecule has 3 aromatic rings. The van der Waals surface area contributed by atoms with Gasteiger partial charge in [-0.25, -0.2) is 4.98 Å². The highest BCUT2D eigenvalue weighted by Gasteiger charge is 2.29. The lowest BCUT2D eigenvalue weighted by Gasteiger charge is -2.35. The second-order valence-corrected chi connectivity index (χ2v) is 9.15. The van der Waals surface area contributed by atoms with E-state index in [0.29, 0.717) is 61.6 Å². The Morgan fingerprint density at radius 2 is 1.91 bits per heavy atom. The molecule has 0 spiro atoms. The first-order chi connectivity index (χ1) is 16.9. The lowest BCUT2D eigenvalue weighted by atomic mass is 9.93. The molecule has 8 nitrogen and oxygen atoms in total. The second kappa shape index (κ2) is 11.0. The summed E-state index contributed by atoms with van der Waals surface area (Å²) in [4.78, 5) is 24.1. The molecule has 1 aromatic heterocycles. The predicted octanol–water partition coefficient (Wildman–Crippen LogP) is 3.64. The van der Waals surface area contributed by atoms with Gasteiger partial charge < -0.3 is 24.2 Å². The maximum atomic E-state index is 12.8. The fourth-order valence-electron chi connectivity index (χ4n) is 4.25. The van der Waals surface area contributed by atoms with Crippen LogP contribution in [-0.2, 0) is 16.0 Å². The van der Waals surface area contributed by atoms with E-state index in [-0.39, 0.29) is 12.3 Å². The van der Waals surface area contributed by atoms with Crippen LogP contribution in [-0.4, -0.2) is 72.0 Å². The van der Waals surface area contributed by atoms with Gasteiger partial charge >= 0.3 is 0 Å². The number of fused-ring (bicyclic) bond motifs is 1. The molecule has 1 aliphatic rings. The Morgan fingerprint density at radius 3 is 2.66 bits per heavy atom. The van der Waals surface area contributed by atoms with Crippen LogP contribution < -0.4 is 9.47 Å². The summed E-state index contributed by atoms with van der Waals surface area (Å²) in [5.41, 5.74) is 3.07. The predicted molar refractivity (Wildman–Crippen MR) is 134 cm³/mol. The molecule has 0 unspecified atom stereocenters. The Kier molecular flexibility index (Phi) is 7.83. The summed E-state index contributed by atoms with van der Waals surface area (Å²) < 4.78 is 16.5. The monoisotopic (exact) mass is 479 g/mol. The third kappa shape index (κ3) is 6.07. The molecule has 0 aliphatic carbocycles. The van der Waals surface area contributed by atoms with Crippen LogP contribution in [0.15, 0.2) is 42.6 Å². The molecule has 4 rings (SSSR count). The van der Waals surface area contributed by atoms with Gasteiger partial charge in [0, 0.05) is 45.0 Å². The van der Waals surface area contributed by atoms with Crippen molar-refractivity contribution in [1.82, 2.24) is 14.9 Å². The minimum atomic E-state index is -0.699. The maximum absolute atomic E-state index is 12.8. The van der Waals surface area contributed by atoms with E-state index in [1.54, 1.807) is 25.3 Å². The average Bonchev–Trinajstić information content (AvgIpc) is 2.86. The molecule has 1 N–H and O–H groups in total. The Bertz CT molecular complexity index is 1170. The van der Waals surface area contributed by atoms with Gasteiger partial charge in [-0.2, -0.15) is 0 Å². The highest BCUT2D eigenvalue weighted by atomic mass is 16.5. The summed E-state index contributed by atoms with van der Waals surface area (Å²) in [6, 6.07) is 11.7. The highest BCUT2D eigenvalue weighted by Crippen LogP contribution is 2.34. The van der Waals surface area contributed by atoms with Gasteiger partial charge in [-0.15, -0.1) is 0 Å². The fourth-order valence-corrected chi connectivity index (χ4v) is 4.25. The number of rotatable bonds is 9. The van der Waals surface area contributed by atoms with Gasteiger partial charge in [0.25, 0.3) is 0 Å². The van der Waals surface area contributed by atoms with Crippen LogP contribution in [0.2, 0.25) is 0 Å². The minimum Gasteiger partial charge on any atom is -0.494 e. The maximum Gasteiger partial charge on any atom is 0.228 e. The van der Waals surface area contributed by atoms with E-state index >= 15 is 0 Å². The summed E-state index contributed by atoms with van der Waals surface area (Å²) in [6.45, 7) is 4.14. The summed E-state index contributed by atoms with van der Waals surface area (Å²) in [7, 11) is 3.28. The molecule has 0 bridgehead atoms. The molecule has 1 aliphatic heterocycles. The number of methoxy groups -OCH3 is 2. The third-order valence-electron chi connectivity index (χ3n) is 6.36. The third-order valence-corrected chi connectivity index (χ3v) is 6.36. The van der Waals surface area contributed by atoms with E-state index in [2.05, 4.69) is 0 Å². The first kappa shape index (κ1) is 24.9. The van der Waals surface area contributed by atoms with Gasteiger partial charge in [0.2, 0.25) is 5.91 Å². The van der Waals surface area contributed by atoms with Crippen molar-refractivity contribution in [2.45, 2.75) is 38.2 Å². The van der Waals surface area contributed by atoms with E-state index in [1.807, 2.05) is 43.3 Å². The van der Waals surface area contributed by atoms with Crippen LogP contribution in [0.4, 0.5) is 0 Å². The molecule has 186 valence electrons. The molecule has 0 atom stereocenters. The zero-order valence-electron chi connectivity index (χ0n) is 20.6. The number of hydrogen-bond donors (Lipinski definition) is 1. The van der Waals surface area contributed by atoms with Gasteiger partial charge in [0.05, 0.1) is 31.4 Å². The molecule has 8 heteroatoms. The van der Waals surface area contributed by atoms with Gasteiger partial charge in [-0.1, -0.05) is 12.1 Å². The normalized spacial score (nSPS) is 15.3.